The summed E-state index contributed by atoms with van der Waals surface area (Å²) < 4.78 is 24.8. The number of aliphatic hydroxyl groups is 1. The molecule has 0 aromatic rings. The topological polar surface area (TPSA) is 73.2 Å². The van der Waals surface area contributed by atoms with Gasteiger partial charge >= 0.3 is 0 Å². The van der Waals surface area contributed by atoms with E-state index in [1.165, 1.54) is 10.6 Å². The number of hydrogen-bond acceptors (Lipinski definition) is 5. The summed E-state index contributed by atoms with van der Waals surface area (Å²) in [4.78, 5) is 6.27. The molecule has 0 amide bonds. The van der Waals surface area contributed by atoms with Crippen molar-refractivity contribution in [2.24, 2.45) is 4.99 Å². The van der Waals surface area contributed by atoms with E-state index in [0.717, 1.165) is 5.70 Å². The van der Waals surface area contributed by atoms with Crippen LogP contribution in [0, 0.1) is 0 Å². The predicted octanol–water partition coefficient (Wildman–Crippen LogP) is 0.655. The second kappa shape index (κ2) is 7.19. The number of rotatable bonds is 4. The van der Waals surface area contributed by atoms with Gasteiger partial charge < -0.3 is 10.0 Å². The fourth-order valence-electron chi connectivity index (χ4n) is 2.47. The lowest BCUT2D eigenvalue weighted by molar-refractivity contribution is 0.229. The van der Waals surface area contributed by atoms with Gasteiger partial charge in [0.15, 0.2) is 0 Å². The van der Waals surface area contributed by atoms with Gasteiger partial charge in [-0.25, -0.2) is 8.42 Å². The van der Waals surface area contributed by atoms with Crippen LogP contribution in [0.3, 0.4) is 0 Å². The number of aliphatic hydroxyl groups excluding tert-OH is 1. The molecule has 2 heterocycles. The normalized spacial score (nSPS) is 25.1. The van der Waals surface area contributed by atoms with E-state index in [0.29, 0.717) is 13.0 Å². The van der Waals surface area contributed by atoms with Gasteiger partial charge in [0, 0.05) is 31.2 Å². The summed E-state index contributed by atoms with van der Waals surface area (Å²) >= 11 is 0. The van der Waals surface area contributed by atoms with Gasteiger partial charge in [0.2, 0.25) is 10.0 Å². The quantitative estimate of drug-likeness (QED) is 0.828. The minimum absolute atomic E-state index is 0.116. The summed E-state index contributed by atoms with van der Waals surface area (Å²) in [6, 6.07) is 0.0367. The van der Waals surface area contributed by atoms with Crippen molar-refractivity contribution < 1.29 is 13.5 Å². The summed E-state index contributed by atoms with van der Waals surface area (Å²) in [5, 5.41) is 9.00. The Hall–Kier alpha value is -0.920. The average molecular weight is 303 g/mol. The first kappa shape index (κ1) is 17.1. The molecule has 2 aliphatic rings. The van der Waals surface area contributed by atoms with Gasteiger partial charge in [0.05, 0.1) is 25.2 Å². The maximum Gasteiger partial charge on any atom is 0.211 e. The highest BCUT2D eigenvalue weighted by Gasteiger charge is 2.35. The van der Waals surface area contributed by atoms with Gasteiger partial charge in [-0.1, -0.05) is 13.8 Å². The molecular weight excluding hydrogens is 278 g/mol. The van der Waals surface area contributed by atoms with Crippen LogP contribution in [-0.4, -0.2) is 67.1 Å². The van der Waals surface area contributed by atoms with E-state index in [4.69, 9.17) is 5.11 Å². The van der Waals surface area contributed by atoms with Crippen LogP contribution >= 0.6 is 0 Å². The summed E-state index contributed by atoms with van der Waals surface area (Å²) in [5.74, 6) is 0. The first-order chi connectivity index (χ1) is 9.41. The van der Waals surface area contributed by atoms with E-state index in [1.807, 2.05) is 25.7 Å². The van der Waals surface area contributed by atoms with Crippen LogP contribution in [-0.2, 0) is 10.0 Å². The van der Waals surface area contributed by atoms with Crippen LogP contribution in [0.15, 0.2) is 16.8 Å². The van der Waals surface area contributed by atoms with Crippen LogP contribution in [0.1, 0.15) is 27.2 Å². The Morgan fingerprint density at radius 1 is 1.50 bits per heavy atom. The molecule has 2 atom stereocenters. The van der Waals surface area contributed by atoms with Crippen molar-refractivity contribution in [1.82, 2.24) is 9.21 Å². The minimum Gasteiger partial charge on any atom is -0.395 e. The van der Waals surface area contributed by atoms with Gasteiger partial charge in [0.1, 0.15) is 0 Å². The van der Waals surface area contributed by atoms with Crippen molar-refractivity contribution in [2.45, 2.75) is 39.3 Å². The first-order valence-electron chi connectivity index (χ1n) is 7.00. The molecule has 116 valence electrons. The number of sulfonamides is 1. The van der Waals surface area contributed by atoms with Crippen LogP contribution < -0.4 is 0 Å². The van der Waals surface area contributed by atoms with Crippen molar-refractivity contribution in [1.29, 1.82) is 0 Å². The van der Waals surface area contributed by atoms with Crippen LogP contribution in [0.25, 0.3) is 0 Å². The third kappa shape index (κ3) is 4.04. The highest BCUT2D eigenvalue weighted by atomic mass is 32.2. The molecule has 1 saturated heterocycles. The lowest BCUT2D eigenvalue weighted by Gasteiger charge is -2.25. The van der Waals surface area contributed by atoms with E-state index < -0.39 is 10.0 Å². The number of nitrogens with zero attached hydrogens (tertiary/aromatic N) is 3. The lowest BCUT2D eigenvalue weighted by atomic mass is 10.2. The fourth-order valence-corrected chi connectivity index (χ4v) is 3.57. The molecule has 1 N–H and O–H groups in total. The zero-order valence-electron chi connectivity index (χ0n) is 12.7. The summed E-state index contributed by atoms with van der Waals surface area (Å²) in [5.41, 5.74) is 1.12. The van der Waals surface area contributed by atoms with Crippen molar-refractivity contribution >= 4 is 16.4 Å². The second-order valence-electron chi connectivity index (χ2n) is 4.77. The van der Waals surface area contributed by atoms with E-state index in [2.05, 4.69) is 11.1 Å². The summed E-state index contributed by atoms with van der Waals surface area (Å²) in [6.07, 6.45) is 5.70. The van der Waals surface area contributed by atoms with Crippen molar-refractivity contribution in [3.8, 4) is 0 Å². The highest BCUT2D eigenvalue weighted by molar-refractivity contribution is 7.88. The highest BCUT2D eigenvalue weighted by Crippen LogP contribution is 2.28. The third-order valence-electron chi connectivity index (χ3n) is 3.25. The van der Waals surface area contributed by atoms with Crippen LogP contribution in [0.2, 0.25) is 0 Å². The molecule has 2 rings (SSSR count). The smallest absolute Gasteiger partial charge is 0.211 e. The Morgan fingerprint density at radius 3 is 2.70 bits per heavy atom. The minimum atomic E-state index is -3.29. The maximum atomic E-state index is 11.7. The lowest BCUT2D eigenvalue weighted by Crippen LogP contribution is -2.42. The fraction of sp³-hybridized carbons (Fsp3) is 0.769. The first-order valence-corrected chi connectivity index (χ1v) is 8.85. The molecule has 1 fully saturated rings. The third-order valence-corrected chi connectivity index (χ3v) is 4.58. The maximum absolute atomic E-state index is 11.7. The van der Waals surface area contributed by atoms with Crippen molar-refractivity contribution in [3.05, 3.63) is 11.8 Å². The van der Waals surface area contributed by atoms with Gasteiger partial charge in [-0.3, -0.25) is 4.99 Å². The molecule has 0 aromatic heterocycles. The predicted molar refractivity (Wildman–Crippen MR) is 81.1 cm³/mol. The summed E-state index contributed by atoms with van der Waals surface area (Å²) in [6.45, 7) is 6.59. The Labute approximate surface area is 121 Å². The SMILES string of the molecule is CC.C[C@H]1C=C2C[C@H](N(CCO)S(C)(=O)=O)CN2C=N1. The Kier molecular flexibility index (Phi) is 6.16. The van der Waals surface area contributed by atoms with Gasteiger partial charge in [-0.2, -0.15) is 4.31 Å². The van der Waals surface area contributed by atoms with Crippen molar-refractivity contribution in [3.63, 3.8) is 0 Å². The van der Waals surface area contributed by atoms with Crippen LogP contribution in [0.4, 0.5) is 0 Å². The van der Waals surface area contributed by atoms with E-state index in [-0.39, 0.29) is 25.2 Å². The van der Waals surface area contributed by atoms with Gasteiger partial charge in [0.25, 0.3) is 0 Å². The number of aliphatic imine (C=N–C) groups is 1. The molecule has 0 unspecified atom stereocenters. The van der Waals surface area contributed by atoms with Crippen LogP contribution in [0.5, 0.6) is 0 Å². The van der Waals surface area contributed by atoms with E-state index in [1.54, 1.807) is 6.34 Å². The van der Waals surface area contributed by atoms with Gasteiger partial charge in [-0.05, 0) is 13.0 Å². The molecule has 6 nitrogen and oxygen atoms in total. The van der Waals surface area contributed by atoms with E-state index >= 15 is 0 Å². The van der Waals surface area contributed by atoms with Gasteiger partial charge in [-0.15, -0.1) is 0 Å². The zero-order valence-corrected chi connectivity index (χ0v) is 13.5. The Morgan fingerprint density at radius 2 is 2.15 bits per heavy atom. The molecule has 20 heavy (non-hydrogen) atoms. The monoisotopic (exact) mass is 303 g/mol. The molecule has 7 heteroatoms. The molecule has 0 spiro atoms. The molecule has 0 aromatic carbocycles. The molecule has 0 bridgehead atoms. The van der Waals surface area contributed by atoms with E-state index in [9.17, 15) is 8.42 Å². The number of hydrogen-bond donors (Lipinski definition) is 1. The molecule has 0 radical (unpaired) electrons. The largest absolute Gasteiger partial charge is 0.395 e. The second-order valence-corrected chi connectivity index (χ2v) is 6.71. The molecule has 0 aliphatic carbocycles. The Balaban J connectivity index is 0.000000956. The molecule has 0 saturated carbocycles. The Bertz CT molecular complexity index is 473. The molecule has 2 aliphatic heterocycles. The number of fused-ring (bicyclic) bond motifs is 1. The molecular formula is C13H25N3O3S. The zero-order chi connectivity index (χ0) is 15.3. The van der Waals surface area contributed by atoms with Crippen molar-refractivity contribution in [2.75, 3.05) is 26.0 Å². The standard InChI is InChI=1S/C11H19N3O3S.C2H6/c1-9-5-10-6-11(7-13(10)8-12-9)14(3-4-15)18(2,16)17;1-2/h5,8-9,11,15H,3-4,6-7H2,1-2H3;1-2H3/t9-,11-;/m0./s1. The summed E-state index contributed by atoms with van der Waals surface area (Å²) in [7, 11) is -3.29. The average Bonchev–Trinajstić information content (AvgIpc) is 2.79.